The number of anilines is 1. The fourth-order valence-electron chi connectivity index (χ4n) is 5.03. The Morgan fingerprint density at radius 2 is 1.75 bits per heavy atom. The van der Waals surface area contributed by atoms with Crippen LogP contribution in [0.25, 0.3) is 0 Å². The molecule has 1 N–H and O–H groups in total. The molecule has 0 spiro atoms. The summed E-state index contributed by atoms with van der Waals surface area (Å²) in [4.78, 5) is 40.0. The number of nitrogens with zero attached hydrogens (tertiary/aromatic N) is 1. The van der Waals surface area contributed by atoms with Gasteiger partial charge >= 0.3 is 0 Å². The van der Waals surface area contributed by atoms with Gasteiger partial charge in [-0.3, -0.25) is 19.3 Å². The topological polar surface area (TPSA) is 66.5 Å². The maximum atomic E-state index is 12.9. The van der Waals surface area contributed by atoms with Crippen LogP contribution in [-0.4, -0.2) is 38.8 Å². The molecule has 3 amide bonds. The average molecular weight is 577 g/mol. The Bertz CT molecular complexity index is 814. The van der Waals surface area contributed by atoms with Crippen LogP contribution >= 0.6 is 47.8 Å². The van der Waals surface area contributed by atoms with Gasteiger partial charge in [0.15, 0.2) is 0 Å². The van der Waals surface area contributed by atoms with Crippen molar-refractivity contribution in [1.29, 1.82) is 0 Å². The van der Waals surface area contributed by atoms with E-state index in [1.807, 2.05) is 25.1 Å². The number of aryl methyl sites for hydroxylation is 1. The van der Waals surface area contributed by atoms with Crippen LogP contribution in [0.5, 0.6) is 0 Å². The summed E-state index contributed by atoms with van der Waals surface area (Å²) in [5.74, 6) is -0.439. The summed E-state index contributed by atoms with van der Waals surface area (Å²) < 4.78 is 0.965. The Hall–Kier alpha value is -0.730. The van der Waals surface area contributed by atoms with Crippen molar-refractivity contribution >= 4 is 71.2 Å². The van der Waals surface area contributed by atoms with Crippen molar-refractivity contribution in [3.63, 3.8) is 0 Å². The lowest BCUT2D eigenvalue weighted by Crippen LogP contribution is -2.37. The van der Waals surface area contributed by atoms with E-state index < -0.39 is 0 Å². The van der Waals surface area contributed by atoms with Gasteiger partial charge in [-0.2, -0.15) is 0 Å². The minimum Gasteiger partial charge on any atom is -0.326 e. The monoisotopic (exact) mass is 574 g/mol. The van der Waals surface area contributed by atoms with E-state index in [-0.39, 0.29) is 64.0 Å². The third-order valence-electron chi connectivity index (χ3n) is 6.36. The van der Waals surface area contributed by atoms with Crippen molar-refractivity contribution in [2.75, 3.05) is 11.9 Å². The summed E-state index contributed by atoms with van der Waals surface area (Å²) in [6, 6.07) is 5.72. The number of likely N-dealkylation sites (tertiary alicyclic amines) is 1. The van der Waals surface area contributed by atoms with E-state index >= 15 is 0 Å². The number of amides is 3. The highest BCUT2D eigenvalue weighted by atomic mass is 79.9. The molecule has 28 heavy (non-hydrogen) atoms. The van der Waals surface area contributed by atoms with E-state index in [0.717, 1.165) is 28.6 Å². The lowest BCUT2D eigenvalue weighted by molar-refractivity contribution is -0.140. The van der Waals surface area contributed by atoms with Crippen LogP contribution in [0.3, 0.4) is 0 Å². The van der Waals surface area contributed by atoms with Gasteiger partial charge in [0.05, 0.1) is 11.8 Å². The van der Waals surface area contributed by atoms with Gasteiger partial charge in [-0.05, 0) is 48.4 Å². The summed E-state index contributed by atoms with van der Waals surface area (Å²) in [5.41, 5.74) is 1.81. The van der Waals surface area contributed by atoms with Crippen molar-refractivity contribution < 1.29 is 14.4 Å². The molecule has 0 radical (unpaired) electrons. The molecule has 1 heterocycles. The van der Waals surface area contributed by atoms with E-state index in [1.165, 1.54) is 4.90 Å². The molecule has 1 aromatic rings. The molecule has 3 fully saturated rings. The molecule has 1 aromatic carbocycles. The molecule has 5 nitrogen and oxygen atoms in total. The molecule has 4 rings (SSSR count). The number of fused-ring (bicyclic) bond motifs is 5. The SMILES string of the molecule is CCc1cc(Br)ccc1NC(=O)CCN1C(=O)[C@@H]2[C@@H]3C[C@@H]([C@@H](Br)[C@@H]3Br)[C@@H]2C1=O. The molecule has 150 valence electrons. The first kappa shape index (κ1) is 20.5. The van der Waals surface area contributed by atoms with Gasteiger partial charge in [0.25, 0.3) is 0 Å². The Balaban J connectivity index is 1.40. The predicted molar refractivity (Wildman–Crippen MR) is 117 cm³/mol. The van der Waals surface area contributed by atoms with Crippen LogP contribution in [-0.2, 0) is 20.8 Å². The van der Waals surface area contributed by atoms with Crippen molar-refractivity contribution in [2.45, 2.75) is 35.8 Å². The quantitative estimate of drug-likeness (QED) is 0.424. The largest absolute Gasteiger partial charge is 0.326 e. The maximum absolute atomic E-state index is 12.9. The average Bonchev–Trinajstić information content (AvgIpc) is 3.27. The van der Waals surface area contributed by atoms with Crippen LogP contribution in [0, 0.1) is 23.7 Å². The predicted octanol–water partition coefficient (Wildman–Crippen LogP) is 4.12. The highest BCUT2D eigenvalue weighted by Crippen LogP contribution is 2.60. The van der Waals surface area contributed by atoms with E-state index in [1.54, 1.807) is 0 Å². The number of imide groups is 1. The van der Waals surface area contributed by atoms with Gasteiger partial charge < -0.3 is 5.32 Å². The number of carbonyl (C=O) groups is 3. The lowest BCUT2D eigenvalue weighted by atomic mass is 9.81. The van der Waals surface area contributed by atoms with Gasteiger partial charge in [-0.1, -0.05) is 54.7 Å². The normalized spacial score (nSPS) is 33.5. The zero-order chi connectivity index (χ0) is 20.2. The molecule has 3 aliphatic rings. The first-order valence-electron chi connectivity index (χ1n) is 9.55. The van der Waals surface area contributed by atoms with Gasteiger partial charge in [0.2, 0.25) is 17.7 Å². The van der Waals surface area contributed by atoms with Crippen LogP contribution < -0.4 is 5.32 Å². The number of benzene rings is 1. The smallest absolute Gasteiger partial charge is 0.233 e. The lowest BCUT2D eigenvalue weighted by Gasteiger charge is -2.28. The number of hydrogen-bond acceptors (Lipinski definition) is 3. The van der Waals surface area contributed by atoms with Gasteiger partial charge in [0.1, 0.15) is 0 Å². The van der Waals surface area contributed by atoms with Gasteiger partial charge in [0, 0.05) is 32.8 Å². The van der Waals surface area contributed by atoms with E-state index in [0.29, 0.717) is 0 Å². The fraction of sp³-hybridized carbons (Fsp3) is 0.550. The third-order valence-corrected chi connectivity index (χ3v) is 10.1. The van der Waals surface area contributed by atoms with Crippen LogP contribution in [0.2, 0.25) is 0 Å². The molecular weight excluding hydrogens is 556 g/mol. The molecule has 2 bridgehead atoms. The second-order valence-electron chi connectivity index (χ2n) is 7.79. The van der Waals surface area contributed by atoms with E-state index in [2.05, 4.69) is 53.1 Å². The number of rotatable bonds is 5. The van der Waals surface area contributed by atoms with Crippen molar-refractivity contribution in [1.82, 2.24) is 4.90 Å². The maximum Gasteiger partial charge on any atom is 0.233 e. The number of halogens is 3. The molecule has 1 saturated heterocycles. The molecular formula is C20H21Br3N2O3. The molecule has 8 heteroatoms. The first-order chi connectivity index (χ1) is 13.3. The third kappa shape index (κ3) is 3.29. The fourth-order valence-corrected chi connectivity index (χ4v) is 7.32. The summed E-state index contributed by atoms with van der Waals surface area (Å²) in [6.07, 6.45) is 1.82. The Morgan fingerprint density at radius 3 is 2.32 bits per heavy atom. The standard InChI is InChI=1S/C20H21Br3N2O3/c1-2-9-7-10(21)3-4-13(9)24-14(26)5-6-25-19(27)15-11-8-12(16(15)20(25)28)18(23)17(11)22/h3-4,7,11-12,15-18H,2,5-6,8H2,1H3,(H,24,26)/t11-,12+,15+,16-,17-,18-/m1/s1. The van der Waals surface area contributed by atoms with Crippen molar-refractivity contribution in [3.8, 4) is 0 Å². The van der Waals surface area contributed by atoms with Crippen LogP contribution in [0.4, 0.5) is 5.69 Å². The number of hydrogen-bond donors (Lipinski definition) is 1. The minimum absolute atomic E-state index is 0.1000. The second kappa shape index (κ2) is 7.84. The molecule has 2 aliphatic carbocycles. The molecule has 2 saturated carbocycles. The highest BCUT2D eigenvalue weighted by Gasteiger charge is 2.66. The van der Waals surface area contributed by atoms with E-state index in [4.69, 9.17) is 0 Å². The van der Waals surface area contributed by atoms with E-state index in [9.17, 15) is 14.4 Å². The summed E-state index contributed by atoms with van der Waals surface area (Å²) in [6.45, 7) is 2.17. The first-order valence-corrected chi connectivity index (χ1v) is 12.2. The molecule has 6 atom stereocenters. The Kier molecular flexibility index (Phi) is 5.75. The van der Waals surface area contributed by atoms with Crippen LogP contribution in [0.1, 0.15) is 25.3 Å². The Morgan fingerprint density at radius 1 is 1.14 bits per heavy atom. The van der Waals surface area contributed by atoms with Crippen molar-refractivity contribution in [3.05, 3.63) is 28.2 Å². The Labute approximate surface area is 189 Å². The highest BCUT2D eigenvalue weighted by molar-refractivity contribution is 9.12. The minimum atomic E-state index is -0.225. The number of carbonyl (C=O) groups excluding carboxylic acids is 3. The van der Waals surface area contributed by atoms with Gasteiger partial charge in [-0.15, -0.1) is 0 Å². The van der Waals surface area contributed by atoms with Crippen molar-refractivity contribution in [2.24, 2.45) is 23.7 Å². The number of alkyl halides is 2. The zero-order valence-electron chi connectivity index (χ0n) is 15.3. The summed E-state index contributed by atoms with van der Waals surface area (Å²) >= 11 is 10.8. The summed E-state index contributed by atoms with van der Waals surface area (Å²) in [7, 11) is 0. The molecule has 0 unspecified atom stereocenters. The number of nitrogens with one attached hydrogen (secondary N) is 1. The van der Waals surface area contributed by atoms with Gasteiger partial charge in [-0.25, -0.2) is 0 Å². The summed E-state index contributed by atoms with van der Waals surface area (Å²) in [5, 5.41) is 2.91. The second-order valence-corrected chi connectivity index (χ2v) is 10.8. The molecule has 1 aliphatic heterocycles. The zero-order valence-corrected chi connectivity index (χ0v) is 20.1. The van der Waals surface area contributed by atoms with Crippen LogP contribution in [0.15, 0.2) is 22.7 Å². The molecule has 0 aromatic heterocycles.